The van der Waals surface area contributed by atoms with Crippen LogP contribution >= 0.6 is 46.4 Å². The van der Waals surface area contributed by atoms with Crippen molar-refractivity contribution in [1.82, 2.24) is 0 Å². The molecule has 120 valence electrons. The number of amides is 1. The molecule has 0 bridgehead atoms. The highest BCUT2D eigenvalue weighted by Crippen LogP contribution is 2.25. The van der Waals surface area contributed by atoms with Crippen molar-refractivity contribution in [3.05, 3.63) is 62.1 Å². The van der Waals surface area contributed by atoms with Gasteiger partial charge in [0, 0.05) is 10.0 Å². The molecule has 8 heteroatoms. The first kappa shape index (κ1) is 17.9. The van der Waals surface area contributed by atoms with Crippen molar-refractivity contribution in [3.63, 3.8) is 0 Å². The Labute approximate surface area is 152 Å². The highest BCUT2D eigenvalue weighted by atomic mass is 35.5. The molecule has 2 aromatic rings. The second-order valence-electron chi connectivity index (χ2n) is 4.37. The third-order valence-corrected chi connectivity index (χ3v) is 3.81. The van der Waals surface area contributed by atoms with Gasteiger partial charge in [0.2, 0.25) is 0 Å². The number of nitrogens with one attached hydrogen (secondary N) is 1. The van der Waals surface area contributed by atoms with E-state index in [4.69, 9.17) is 51.1 Å². The van der Waals surface area contributed by atoms with Crippen molar-refractivity contribution in [3.8, 4) is 0 Å². The molecule has 0 radical (unpaired) electrons. The molecule has 0 spiro atoms. The van der Waals surface area contributed by atoms with Gasteiger partial charge in [-0.05, 0) is 36.4 Å². The zero-order chi connectivity index (χ0) is 17.0. The summed E-state index contributed by atoms with van der Waals surface area (Å²) in [6.45, 7) is -0.509. The molecule has 0 heterocycles. The number of halogens is 4. The summed E-state index contributed by atoms with van der Waals surface area (Å²) in [6.07, 6.45) is 0. The summed E-state index contributed by atoms with van der Waals surface area (Å²) in [5.41, 5.74) is 0.397. The number of benzene rings is 2. The Bertz CT molecular complexity index is 764. The fourth-order valence-electron chi connectivity index (χ4n) is 1.64. The third kappa shape index (κ3) is 5.01. The summed E-state index contributed by atoms with van der Waals surface area (Å²) in [5, 5.41) is 3.72. The van der Waals surface area contributed by atoms with E-state index in [0.717, 1.165) is 0 Å². The molecule has 23 heavy (non-hydrogen) atoms. The maximum Gasteiger partial charge on any atom is 0.340 e. The standard InChI is InChI=1S/C15H9Cl4NO3/c16-8-1-3-11(18)10(5-8)15(22)23-7-14(21)20-13-6-9(17)2-4-12(13)19/h1-6H,7H2,(H,20,21). The van der Waals surface area contributed by atoms with E-state index in [-0.39, 0.29) is 10.6 Å². The summed E-state index contributed by atoms with van der Waals surface area (Å²) >= 11 is 23.4. The van der Waals surface area contributed by atoms with E-state index in [1.165, 1.54) is 30.3 Å². The van der Waals surface area contributed by atoms with Crippen LogP contribution in [0.25, 0.3) is 0 Å². The van der Waals surface area contributed by atoms with Crippen LogP contribution in [0.2, 0.25) is 20.1 Å². The SMILES string of the molecule is O=C(COC(=O)c1cc(Cl)ccc1Cl)Nc1cc(Cl)ccc1Cl. The summed E-state index contributed by atoms with van der Waals surface area (Å²) in [4.78, 5) is 23.7. The zero-order valence-corrected chi connectivity index (χ0v) is 14.4. The first-order chi connectivity index (χ1) is 10.9. The molecule has 0 aliphatic carbocycles. The van der Waals surface area contributed by atoms with Gasteiger partial charge in [0.1, 0.15) is 0 Å². The lowest BCUT2D eigenvalue weighted by Crippen LogP contribution is -2.21. The van der Waals surface area contributed by atoms with E-state index in [2.05, 4.69) is 5.32 Å². The Morgan fingerprint density at radius 2 is 1.52 bits per heavy atom. The minimum Gasteiger partial charge on any atom is -0.452 e. The van der Waals surface area contributed by atoms with Crippen LogP contribution in [0, 0.1) is 0 Å². The number of esters is 1. The van der Waals surface area contributed by atoms with Crippen LogP contribution in [-0.2, 0) is 9.53 Å². The third-order valence-electron chi connectivity index (χ3n) is 2.69. The maximum atomic E-state index is 11.9. The van der Waals surface area contributed by atoms with Crippen molar-refractivity contribution in [2.75, 3.05) is 11.9 Å². The zero-order valence-electron chi connectivity index (χ0n) is 11.4. The van der Waals surface area contributed by atoms with Crippen LogP contribution in [0.4, 0.5) is 5.69 Å². The van der Waals surface area contributed by atoms with Crippen LogP contribution in [0.1, 0.15) is 10.4 Å². The summed E-state index contributed by atoms with van der Waals surface area (Å²) in [7, 11) is 0. The molecule has 2 rings (SSSR count). The van der Waals surface area contributed by atoms with Gasteiger partial charge in [-0.3, -0.25) is 4.79 Å². The van der Waals surface area contributed by atoms with Crippen LogP contribution in [0.15, 0.2) is 36.4 Å². The lowest BCUT2D eigenvalue weighted by atomic mass is 10.2. The number of ether oxygens (including phenoxy) is 1. The van der Waals surface area contributed by atoms with Gasteiger partial charge in [-0.15, -0.1) is 0 Å². The number of hydrogen-bond donors (Lipinski definition) is 1. The minimum absolute atomic E-state index is 0.0766. The Hall–Kier alpha value is -1.46. The highest BCUT2D eigenvalue weighted by Gasteiger charge is 2.15. The first-order valence-corrected chi connectivity index (χ1v) is 7.75. The number of anilines is 1. The number of carbonyl (C=O) groups is 2. The molecule has 4 nitrogen and oxygen atoms in total. The van der Waals surface area contributed by atoms with Gasteiger partial charge in [0.05, 0.1) is 21.3 Å². The van der Waals surface area contributed by atoms with Crippen LogP contribution in [0.3, 0.4) is 0 Å². The molecule has 0 saturated carbocycles. The molecule has 0 aromatic heterocycles. The normalized spacial score (nSPS) is 10.3. The predicted molar refractivity (Wildman–Crippen MR) is 91.8 cm³/mol. The smallest absolute Gasteiger partial charge is 0.340 e. The fraction of sp³-hybridized carbons (Fsp3) is 0.0667. The topological polar surface area (TPSA) is 55.4 Å². The average molecular weight is 393 g/mol. The molecule has 0 aliphatic heterocycles. The van der Waals surface area contributed by atoms with Gasteiger partial charge in [0.25, 0.3) is 5.91 Å². The molecule has 2 aromatic carbocycles. The van der Waals surface area contributed by atoms with Crippen molar-refractivity contribution >= 4 is 64.0 Å². The summed E-state index contributed by atoms with van der Waals surface area (Å²) in [5.74, 6) is -1.33. The molecule has 0 atom stereocenters. The second kappa shape index (κ2) is 7.88. The molecule has 0 saturated heterocycles. The number of carbonyl (C=O) groups excluding carboxylic acids is 2. The van der Waals surface area contributed by atoms with E-state index in [1.807, 2.05) is 0 Å². The largest absolute Gasteiger partial charge is 0.452 e. The molecule has 1 amide bonds. The van der Waals surface area contributed by atoms with Gasteiger partial charge in [-0.25, -0.2) is 4.79 Å². The Kier molecular flexibility index (Phi) is 6.13. The fourth-order valence-corrected chi connectivity index (χ4v) is 2.35. The van der Waals surface area contributed by atoms with Gasteiger partial charge < -0.3 is 10.1 Å². The maximum absolute atomic E-state index is 11.9. The minimum atomic E-state index is -0.759. The number of rotatable bonds is 4. The van der Waals surface area contributed by atoms with E-state index < -0.39 is 18.5 Å². The molecule has 0 unspecified atom stereocenters. The Morgan fingerprint density at radius 3 is 2.22 bits per heavy atom. The molecular formula is C15H9Cl4NO3. The van der Waals surface area contributed by atoms with E-state index in [0.29, 0.717) is 20.8 Å². The highest BCUT2D eigenvalue weighted by molar-refractivity contribution is 6.36. The van der Waals surface area contributed by atoms with Crippen molar-refractivity contribution < 1.29 is 14.3 Å². The molecule has 0 fully saturated rings. The lowest BCUT2D eigenvalue weighted by molar-refractivity contribution is -0.119. The van der Waals surface area contributed by atoms with Gasteiger partial charge >= 0.3 is 5.97 Å². The molecule has 1 N–H and O–H groups in total. The lowest BCUT2D eigenvalue weighted by Gasteiger charge is -2.09. The van der Waals surface area contributed by atoms with Crippen LogP contribution in [-0.4, -0.2) is 18.5 Å². The van der Waals surface area contributed by atoms with E-state index >= 15 is 0 Å². The van der Waals surface area contributed by atoms with Crippen molar-refractivity contribution in [2.45, 2.75) is 0 Å². The Balaban J connectivity index is 1.97. The quantitative estimate of drug-likeness (QED) is 0.736. The Morgan fingerprint density at radius 1 is 0.913 bits per heavy atom. The van der Waals surface area contributed by atoms with Crippen molar-refractivity contribution in [2.24, 2.45) is 0 Å². The summed E-state index contributed by atoms with van der Waals surface area (Å²) < 4.78 is 4.90. The molecule has 0 aliphatic rings. The first-order valence-electron chi connectivity index (χ1n) is 6.24. The van der Waals surface area contributed by atoms with Gasteiger partial charge in [-0.2, -0.15) is 0 Å². The summed E-state index contributed by atoms with van der Waals surface area (Å²) in [6, 6.07) is 8.97. The number of hydrogen-bond acceptors (Lipinski definition) is 3. The van der Waals surface area contributed by atoms with Crippen LogP contribution in [0.5, 0.6) is 0 Å². The van der Waals surface area contributed by atoms with Crippen LogP contribution < -0.4 is 5.32 Å². The monoisotopic (exact) mass is 391 g/mol. The van der Waals surface area contributed by atoms with E-state index in [9.17, 15) is 9.59 Å². The van der Waals surface area contributed by atoms with Crippen molar-refractivity contribution in [1.29, 1.82) is 0 Å². The average Bonchev–Trinajstić information content (AvgIpc) is 2.51. The van der Waals surface area contributed by atoms with E-state index in [1.54, 1.807) is 6.07 Å². The second-order valence-corrected chi connectivity index (χ2v) is 6.06. The van der Waals surface area contributed by atoms with Gasteiger partial charge in [-0.1, -0.05) is 46.4 Å². The molecular weight excluding hydrogens is 384 g/mol. The predicted octanol–water partition coefficient (Wildman–Crippen LogP) is 5.10. The van der Waals surface area contributed by atoms with Gasteiger partial charge in [0.15, 0.2) is 6.61 Å².